The van der Waals surface area contributed by atoms with E-state index in [1.807, 2.05) is 27.7 Å². The first-order valence-corrected chi connectivity index (χ1v) is 5.83. The molecule has 1 amide bonds. The summed E-state index contributed by atoms with van der Waals surface area (Å²) >= 11 is 5.70. The molecule has 0 aliphatic heterocycles. The summed E-state index contributed by atoms with van der Waals surface area (Å²) in [7, 11) is 0. The van der Waals surface area contributed by atoms with Crippen molar-refractivity contribution in [2.24, 2.45) is 0 Å². The predicted octanol–water partition coefficient (Wildman–Crippen LogP) is 3.50. The van der Waals surface area contributed by atoms with Crippen molar-refractivity contribution in [3.05, 3.63) is 23.5 Å². The van der Waals surface area contributed by atoms with Gasteiger partial charge in [0, 0.05) is 6.54 Å². The highest BCUT2D eigenvalue weighted by atomic mass is 35.5. The zero-order valence-corrected chi connectivity index (χ0v) is 11.3. The van der Waals surface area contributed by atoms with Gasteiger partial charge in [0.2, 0.25) is 0 Å². The van der Waals surface area contributed by atoms with Gasteiger partial charge in [-0.25, -0.2) is 9.78 Å². The first-order valence-electron chi connectivity index (χ1n) is 5.45. The van der Waals surface area contributed by atoms with Crippen molar-refractivity contribution in [2.75, 3.05) is 11.4 Å². The summed E-state index contributed by atoms with van der Waals surface area (Å²) in [5, 5.41) is 0.397. The van der Waals surface area contributed by atoms with Crippen molar-refractivity contribution >= 4 is 23.4 Å². The van der Waals surface area contributed by atoms with Crippen LogP contribution in [-0.2, 0) is 4.74 Å². The van der Waals surface area contributed by atoms with Gasteiger partial charge in [-0.1, -0.05) is 11.6 Å². The van der Waals surface area contributed by atoms with Crippen LogP contribution in [0.2, 0.25) is 5.15 Å². The quantitative estimate of drug-likeness (QED) is 0.761. The Bertz CT molecular complexity index is 384. The maximum Gasteiger partial charge on any atom is 0.414 e. The van der Waals surface area contributed by atoms with Gasteiger partial charge in [-0.05, 0) is 39.8 Å². The molecule has 0 aliphatic carbocycles. The maximum atomic E-state index is 11.9. The maximum absolute atomic E-state index is 11.9. The summed E-state index contributed by atoms with van der Waals surface area (Å²) in [5.41, 5.74) is 0.163. The van der Waals surface area contributed by atoms with E-state index in [1.54, 1.807) is 18.3 Å². The van der Waals surface area contributed by atoms with Gasteiger partial charge in [0.25, 0.3) is 0 Å². The summed E-state index contributed by atoms with van der Waals surface area (Å²) < 4.78 is 5.30. The van der Waals surface area contributed by atoms with Crippen LogP contribution in [0.3, 0.4) is 0 Å². The van der Waals surface area contributed by atoms with E-state index in [0.29, 0.717) is 17.4 Å². The summed E-state index contributed by atoms with van der Waals surface area (Å²) in [6.45, 7) is 7.88. The SMILES string of the molecule is CCN(C(=O)OC(C)(C)C)c1ccc(Cl)nc1. The van der Waals surface area contributed by atoms with Gasteiger partial charge in [0.05, 0.1) is 11.9 Å². The van der Waals surface area contributed by atoms with Crippen LogP contribution in [0.4, 0.5) is 10.5 Å². The Morgan fingerprint density at radius 1 is 1.47 bits per heavy atom. The van der Waals surface area contributed by atoms with Gasteiger partial charge in [-0.15, -0.1) is 0 Å². The molecule has 0 bridgehead atoms. The number of hydrogen-bond acceptors (Lipinski definition) is 3. The minimum Gasteiger partial charge on any atom is -0.443 e. The highest BCUT2D eigenvalue weighted by Crippen LogP contribution is 2.18. The summed E-state index contributed by atoms with van der Waals surface area (Å²) in [6, 6.07) is 3.38. The molecule has 5 heteroatoms. The topological polar surface area (TPSA) is 42.4 Å². The van der Waals surface area contributed by atoms with E-state index >= 15 is 0 Å². The average Bonchev–Trinajstić information content (AvgIpc) is 2.19. The molecule has 0 atom stereocenters. The Morgan fingerprint density at radius 3 is 2.53 bits per heavy atom. The predicted molar refractivity (Wildman–Crippen MR) is 68.5 cm³/mol. The number of rotatable bonds is 2. The smallest absolute Gasteiger partial charge is 0.414 e. The lowest BCUT2D eigenvalue weighted by Crippen LogP contribution is -2.36. The molecular formula is C12H17ClN2O2. The monoisotopic (exact) mass is 256 g/mol. The van der Waals surface area contributed by atoms with Gasteiger partial charge in [-0.2, -0.15) is 0 Å². The molecule has 1 aromatic rings. The van der Waals surface area contributed by atoms with Crippen molar-refractivity contribution in [3.8, 4) is 0 Å². The van der Waals surface area contributed by atoms with E-state index in [1.165, 1.54) is 4.90 Å². The van der Waals surface area contributed by atoms with Gasteiger partial charge < -0.3 is 4.74 Å². The van der Waals surface area contributed by atoms with Crippen LogP contribution in [0.5, 0.6) is 0 Å². The van der Waals surface area contributed by atoms with Gasteiger partial charge in [0.15, 0.2) is 0 Å². The number of carbonyl (C=O) groups is 1. The highest BCUT2D eigenvalue weighted by Gasteiger charge is 2.22. The number of pyridine rings is 1. The van der Waals surface area contributed by atoms with Gasteiger partial charge in [0.1, 0.15) is 10.8 Å². The number of hydrogen-bond donors (Lipinski definition) is 0. The molecule has 0 aliphatic rings. The second-order valence-electron chi connectivity index (χ2n) is 4.56. The molecule has 0 saturated heterocycles. The number of ether oxygens (including phenoxy) is 1. The largest absolute Gasteiger partial charge is 0.443 e. The van der Waals surface area contributed by atoms with Crippen LogP contribution in [0.25, 0.3) is 0 Å². The second kappa shape index (κ2) is 5.36. The molecule has 1 rings (SSSR count). The Labute approximate surface area is 107 Å². The van der Waals surface area contributed by atoms with Crippen molar-refractivity contribution in [1.82, 2.24) is 4.98 Å². The van der Waals surface area contributed by atoms with Crippen molar-refractivity contribution in [3.63, 3.8) is 0 Å². The zero-order valence-electron chi connectivity index (χ0n) is 10.5. The average molecular weight is 257 g/mol. The molecule has 0 spiro atoms. The van der Waals surface area contributed by atoms with Crippen LogP contribution in [0.15, 0.2) is 18.3 Å². The Hall–Kier alpha value is -1.29. The van der Waals surface area contributed by atoms with Crippen LogP contribution >= 0.6 is 11.6 Å². The summed E-state index contributed by atoms with van der Waals surface area (Å²) in [5.74, 6) is 0. The van der Waals surface area contributed by atoms with Crippen molar-refractivity contribution < 1.29 is 9.53 Å². The van der Waals surface area contributed by atoms with Crippen LogP contribution in [0, 0.1) is 0 Å². The molecule has 0 radical (unpaired) electrons. The fourth-order valence-electron chi connectivity index (χ4n) is 1.26. The minimum atomic E-state index is -0.510. The zero-order chi connectivity index (χ0) is 13.1. The van der Waals surface area contributed by atoms with Crippen LogP contribution in [0.1, 0.15) is 27.7 Å². The fraction of sp³-hybridized carbons (Fsp3) is 0.500. The van der Waals surface area contributed by atoms with E-state index in [2.05, 4.69) is 4.98 Å². The molecule has 4 nitrogen and oxygen atoms in total. The fourth-order valence-corrected chi connectivity index (χ4v) is 1.37. The molecule has 0 fully saturated rings. The number of nitrogens with zero attached hydrogens (tertiary/aromatic N) is 2. The standard InChI is InChI=1S/C12H17ClN2O2/c1-5-15(11(16)17-12(2,3)4)9-6-7-10(13)14-8-9/h6-8H,5H2,1-4H3. The molecule has 0 unspecified atom stereocenters. The molecule has 0 N–H and O–H groups in total. The molecule has 94 valence electrons. The Balaban J connectivity index is 2.84. The third-order valence-electron chi connectivity index (χ3n) is 1.95. The second-order valence-corrected chi connectivity index (χ2v) is 4.95. The van der Waals surface area contributed by atoms with Crippen molar-refractivity contribution in [1.29, 1.82) is 0 Å². The third-order valence-corrected chi connectivity index (χ3v) is 2.18. The van der Waals surface area contributed by atoms with Gasteiger partial charge in [-0.3, -0.25) is 4.90 Å². The lowest BCUT2D eigenvalue weighted by Gasteiger charge is -2.26. The summed E-state index contributed by atoms with van der Waals surface area (Å²) in [4.78, 5) is 17.4. The van der Waals surface area contributed by atoms with E-state index in [-0.39, 0.29) is 6.09 Å². The van der Waals surface area contributed by atoms with Crippen molar-refractivity contribution in [2.45, 2.75) is 33.3 Å². The normalized spacial score (nSPS) is 11.1. The first kappa shape index (κ1) is 13.8. The molecular weight excluding hydrogens is 240 g/mol. The van der Waals surface area contributed by atoms with Gasteiger partial charge >= 0.3 is 6.09 Å². The third kappa shape index (κ3) is 4.23. The number of amides is 1. The highest BCUT2D eigenvalue weighted by molar-refractivity contribution is 6.29. The number of aromatic nitrogens is 1. The lowest BCUT2D eigenvalue weighted by molar-refractivity contribution is 0.0582. The minimum absolute atomic E-state index is 0.385. The molecule has 0 saturated carbocycles. The van der Waals surface area contributed by atoms with Crippen LogP contribution in [-0.4, -0.2) is 23.2 Å². The first-order chi connectivity index (χ1) is 7.83. The summed E-state index contributed by atoms with van der Waals surface area (Å²) in [6.07, 6.45) is 1.17. The van der Waals surface area contributed by atoms with E-state index < -0.39 is 5.60 Å². The molecule has 1 aromatic heterocycles. The molecule has 0 aromatic carbocycles. The molecule has 17 heavy (non-hydrogen) atoms. The van der Waals surface area contributed by atoms with Crippen LogP contribution < -0.4 is 4.90 Å². The lowest BCUT2D eigenvalue weighted by atomic mass is 10.2. The van der Waals surface area contributed by atoms with E-state index in [4.69, 9.17) is 16.3 Å². The van der Waals surface area contributed by atoms with E-state index in [0.717, 1.165) is 0 Å². The number of carbonyl (C=O) groups excluding carboxylic acids is 1. The number of halogens is 1. The van der Waals surface area contributed by atoms with E-state index in [9.17, 15) is 4.79 Å². The Morgan fingerprint density at radius 2 is 2.12 bits per heavy atom. The molecule has 1 heterocycles. The Kier molecular flexibility index (Phi) is 4.34. The number of anilines is 1.